The zero-order valence-electron chi connectivity index (χ0n) is 15.8. The molecule has 0 saturated carbocycles. The summed E-state index contributed by atoms with van der Waals surface area (Å²) in [7, 11) is 0. The Balaban J connectivity index is 2.77. The molecule has 2 amide bonds. The summed E-state index contributed by atoms with van der Waals surface area (Å²) in [6.07, 6.45) is 1.69. The Bertz CT molecular complexity index is 499. The highest BCUT2D eigenvalue weighted by Crippen LogP contribution is 2.42. The number of nitrogens with one attached hydrogen (secondary N) is 1. The molecule has 0 aromatic rings. The van der Waals surface area contributed by atoms with Gasteiger partial charge in [0.2, 0.25) is 0 Å². The lowest BCUT2D eigenvalue weighted by molar-refractivity contribution is -0.180. The molecule has 0 spiro atoms. The number of esters is 1. The average molecular weight is 373 g/mol. The second kappa shape index (κ2) is 11.1. The van der Waals surface area contributed by atoms with Crippen molar-refractivity contribution in [3.05, 3.63) is 0 Å². The number of unbranched alkanes of at least 4 members (excludes halogenated alkanes) is 2. The minimum atomic E-state index is -1.34. The quantitative estimate of drug-likeness (QED) is 0.216. The molecule has 9 heteroatoms. The van der Waals surface area contributed by atoms with Gasteiger partial charge in [-0.1, -0.05) is 19.8 Å². The van der Waals surface area contributed by atoms with E-state index in [4.69, 9.17) is 19.9 Å². The van der Waals surface area contributed by atoms with Crippen molar-refractivity contribution in [3.8, 4) is 0 Å². The van der Waals surface area contributed by atoms with Gasteiger partial charge < -0.3 is 25.1 Å². The van der Waals surface area contributed by atoms with Crippen LogP contribution >= 0.6 is 0 Å². The highest BCUT2D eigenvalue weighted by Gasteiger charge is 2.55. The number of amides is 2. The van der Waals surface area contributed by atoms with Gasteiger partial charge >= 0.3 is 12.0 Å². The minimum absolute atomic E-state index is 0.0691. The molecule has 0 radical (unpaired) electrons. The maximum atomic E-state index is 12.5. The van der Waals surface area contributed by atoms with Crippen LogP contribution in [0.25, 0.3) is 0 Å². The molecule has 4 N–H and O–H groups in total. The van der Waals surface area contributed by atoms with Gasteiger partial charge in [-0.05, 0) is 26.7 Å². The highest BCUT2D eigenvalue weighted by atomic mass is 16.6. The molecular formula is C17H31N3O6. The van der Waals surface area contributed by atoms with Crippen molar-refractivity contribution < 1.29 is 28.9 Å². The molecule has 1 heterocycles. The minimum Gasteiger partial charge on any atom is -0.465 e. The molecule has 1 aliphatic heterocycles. The third-order valence-electron chi connectivity index (χ3n) is 4.19. The standard InChI is InChI=1S/C17H31N3O6/c1-4-6-7-8-24-11-13-10-17(15(22)26-13,14(21)25-5-2)9-12(3)19-20-16(18)23/h13,15,22H,4-11H2,1-3H3,(H3,18,20,23)/b19-12-/t13-,15-,17+/m0/s1. The molecule has 0 aromatic heterocycles. The molecular weight excluding hydrogens is 342 g/mol. The van der Waals surface area contributed by atoms with Crippen LogP contribution in [0.4, 0.5) is 4.79 Å². The van der Waals surface area contributed by atoms with Crippen molar-refractivity contribution in [2.75, 3.05) is 19.8 Å². The summed E-state index contributed by atoms with van der Waals surface area (Å²) >= 11 is 0. The molecule has 0 aliphatic carbocycles. The van der Waals surface area contributed by atoms with Crippen LogP contribution in [0.5, 0.6) is 0 Å². The van der Waals surface area contributed by atoms with Crippen LogP contribution in [-0.2, 0) is 19.0 Å². The fourth-order valence-electron chi connectivity index (χ4n) is 2.97. The van der Waals surface area contributed by atoms with E-state index in [1.54, 1.807) is 13.8 Å². The number of urea groups is 1. The van der Waals surface area contributed by atoms with Gasteiger partial charge in [0.1, 0.15) is 5.41 Å². The summed E-state index contributed by atoms with van der Waals surface area (Å²) in [5, 5.41) is 14.2. The van der Waals surface area contributed by atoms with E-state index in [2.05, 4.69) is 17.5 Å². The number of nitrogens with zero attached hydrogens (tertiary/aromatic N) is 1. The van der Waals surface area contributed by atoms with Gasteiger partial charge in [0.05, 0.1) is 19.3 Å². The van der Waals surface area contributed by atoms with E-state index < -0.39 is 29.8 Å². The fraction of sp³-hybridized carbons (Fsp3) is 0.824. The first-order chi connectivity index (χ1) is 12.4. The summed E-state index contributed by atoms with van der Waals surface area (Å²) in [5.74, 6) is -0.561. The Morgan fingerprint density at radius 2 is 2.12 bits per heavy atom. The van der Waals surface area contributed by atoms with Gasteiger partial charge in [-0.3, -0.25) is 4.79 Å². The van der Waals surface area contributed by atoms with Crippen LogP contribution < -0.4 is 11.2 Å². The number of hydrogen-bond acceptors (Lipinski definition) is 7. The number of primary amides is 1. The summed E-state index contributed by atoms with van der Waals surface area (Å²) in [6, 6.07) is -0.809. The monoisotopic (exact) mass is 373 g/mol. The number of hydrogen-bond donors (Lipinski definition) is 3. The summed E-state index contributed by atoms with van der Waals surface area (Å²) in [4.78, 5) is 23.3. The Hall–Kier alpha value is -1.71. The SMILES string of the molecule is CCCCCOC[C@@H]1C[C@](C/C(C)=N\NC(N)=O)(C(=O)OCC)[C@@H](O)O1. The largest absolute Gasteiger partial charge is 0.465 e. The van der Waals surface area contributed by atoms with Crippen LogP contribution in [0.3, 0.4) is 0 Å². The van der Waals surface area contributed by atoms with Gasteiger partial charge in [0.25, 0.3) is 0 Å². The van der Waals surface area contributed by atoms with Gasteiger partial charge in [-0.2, -0.15) is 5.10 Å². The third kappa shape index (κ3) is 6.54. The zero-order valence-corrected chi connectivity index (χ0v) is 15.8. The first kappa shape index (κ1) is 22.3. The number of aliphatic hydroxyl groups excluding tert-OH is 1. The number of nitrogens with two attached hydrogens (primary N) is 1. The maximum Gasteiger partial charge on any atom is 0.332 e. The predicted octanol–water partition coefficient (Wildman–Crippen LogP) is 1.28. The lowest BCUT2D eigenvalue weighted by Crippen LogP contribution is -2.42. The first-order valence-electron chi connectivity index (χ1n) is 9.02. The van der Waals surface area contributed by atoms with Crippen molar-refractivity contribution in [2.24, 2.45) is 16.3 Å². The molecule has 0 aromatic carbocycles. The fourth-order valence-corrected chi connectivity index (χ4v) is 2.97. The number of carbonyl (C=O) groups excluding carboxylic acids is 2. The number of rotatable bonds is 11. The molecule has 1 fully saturated rings. The number of carbonyl (C=O) groups is 2. The number of aliphatic hydroxyl groups is 1. The van der Waals surface area contributed by atoms with Crippen molar-refractivity contribution in [2.45, 2.75) is 65.3 Å². The van der Waals surface area contributed by atoms with Crippen LogP contribution in [0.1, 0.15) is 52.9 Å². The van der Waals surface area contributed by atoms with E-state index in [1.165, 1.54) is 0 Å². The predicted molar refractivity (Wildman–Crippen MR) is 95.4 cm³/mol. The second-order valence-electron chi connectivity index (χ2n) is 6.47. The summed E-state index contributed by atoms with van der Waals surface area (Å²) < 4.78 is 16.3. The molecule has 9 nitrogen and oxygen atoms in total. The normalized spacial score (nSPS) is 25.9. The Morgan fingerprint density at radius 1 is 1.38 bits per heavy atom. The number of hydrazone groups is 1. The lowest BCUT2D eigenvalue weighted by atomic mass is 9.79. The van der Waals surface area contributed by atoms with Gasteiger partial charge in [-0.15, -0.1) is 0 Å². The van der Waals surface area contributed by atoms with Crippen LogP contribution in [0.2, 0.25) is 0 Å². The van der Waals surface area contributed by atoms with E-state index in [0.717, 1.165) is 19.3 Å². The van der Waals surface area contributed by atoms with Crippen LogP contribution in [0.15, 0.2) is 5.10 Å². The van der Waals surface area contributed by atoms with Crippen molar-refractivity contribution in [1.29, 1.82) is 0 Å². The Morgan fingerprint density at radius 3 is 2.73 bits per heavy atom. The van der Waals surface area contributed by atoms with E-state index in [-0.39, 0.29) is 26.1 Å². The summed E-state index contributed by atoms with van der Waals surface area (Å²) in [6.45, 7) is 6.51. The average Bonchev–Trinajstić information content (AvgIpc) is 2.89. The molecule has 1 aliphatic rings. The van der Waals surface area contributed by atoms with Crippen LogP contribution in [0, 0.1) is 5.41 Å². The highest BCUT2D eigenvalue weighted by molar-refractivity contribution is 5.90. The van der Waals surface area contributed by atoms with E-state index >= 15 is 0 Å². The van der Waals surface area contributed by atoms with Crippen molar-refractivity contribution in [1.82, 2.24) is 5.43 Å². The molecule has 0 unspecified atom stereocenters. The topological polar surface area (TPSA) is 132 Å². The van der Waals surface area contributed by atoms with E-state index in [9.17, 15) is 14.7 Å². The van der Waals surface area contributed by atoms with E-state index in [1.807, 2.05) is 0 Å². The molecule has 150 valence electrons. The Kier molecular flexibility index (Phi) is 9.53. The van der Waals surface area contributed by atoms with E-state index in [0.29, 0.717) is 12.3 Å². The maximum absolute atomic E-state index is 12.5. The second-order valence-corrected chi connectivity index (χ2v) is 6.47. The molecule has 1 saturated heterocycles. The number of ether oxygens (including phenoxy) is 3. The van der Waals surface area contributed by atoms with Gasteiger partial charge in [-0.25, -0.2) is 10.2 Å². The molecule has 26 heavy (non-hydrogen) atoms. The lowest BCUT2D eigenvalue weighted by Gasteiger charge is -2.28. The van der Waals surface area contributed by atoms with Crippen molar-refractivity contribution >= 4 is 17.7 Å². The first-order valence-corrected chi connectivity index (χ1v) is 9.02. The Labute approximate surface area is 154 Å². The molecule has 3 atom stereocenters. The van der Waals surface area contributed by atoms with Gasteiger partial charge in [0.15, 0.2) is 6.29 Å². The van der Waals surface area contributed by atoms with Crippen LogP contribution in [-0.4, -0.2) is 55.0 Å². The smallest absolute Gasteiger partial charge is 0.332 e. The third-order valence-corrected chi connectivity index (χ3v) is 4.19. The zero-order chi connectivity index (χ0) is 19.6. The summed E-state index contributed by atoms with van der Waals surface area (Å²) in [5.41, 5.74) is 6.23. The van der Waals surface area contributed by atoms with Gasteiger partial charge in [0, 0.05) is 18.7 Å². The van der Waals surface area contributed by atoms with Crippen molar-refractivity contribution in [3.63, 3.8) is 0 Å². The molecule has 1 rings (SSSR count). The molecule has 0 bridgehead atoms.